The van der Waals surface area contributed by atoms with Crippen LogP contribution in [-0.2, 0) is 10.0 Å². The molecule has 128 valence electrons. The summed E-state index contributed by atoms with van der Waals surface area (Å²) >= 11 is 1.39. The van der Waals surface area contributed by atoms with Crippen LogP contribution >= 0.6 is 11.3 Å². The average molecular weight is 373 g/mol. The van der Waals surface area contributed by atoms with Gasteiger partial charge in [-0.2, -0.15) is 0 Å². The number of carbonyl (C=O) groups excluding carboxylic acids is 1. The highest BCUT2D eigenvalue weighted by Crippen LogP contribution is 2.24. The molecule has 25 heavy (non-hydrogen) atoms. The quantitative estimate of drug-likeness (QED) is 0.717. The van der Waals surface area contributed by atoms with Gasteiger partial charge in [0.1, 0.15) is 10.7 Å². The third-order valence-corrected chi connectivity index (χ3v) is 4.68. The number of anilines is 2. The Hall–Kier alpha value is -2.71. The topological polar surface area (TPSA) is 88.2 Å². The number of hydrogen-bond acceptors (Lipinski definition) is 5. The van der Waals surface area contributed by atoms with Crippen molar-refractivity contribution in [1.82, 2.24) is 4.98 Å². The normalized spacial score (nSPS) is 11.1. The molecule has 1 heterocycles. The van der Waals surface area contributed by atoms with Crippen LogP contribution in [0.4, 0.5) is 11.4 Å². The van der Waals surface area contributed by atoms with Crippen molar-refractivity contribution in [3.05, 3.63) is 65.7 Å². The molecule has 3 rings (SSSR count). The molecule has 3 aromatic rings. The molecule has 0 fully saturated rings. The number of nitrogens with one attached hydrogen (secondary N) is 2. The molecule has 0 radical (unpaired) electrons. The first-order chi connectivity index (χ1) is 11.9. The van der Waals surface area contributed by atoms with Crippen LogP contribution in [-0.4, -0.2) is 25.6 Å². The third kappa shape index (κ3) is 4.65. The number of carbonyl (C=O) groups is 1. The molecule has 0 bridgehead atoms. The standard InChI is InChI=1S/C17H15N3O3S2/c1-25(22,23)20-14-9-5-8-13(10-14)18-16(21)15-11-24-17(19-15)12-6-3-2-4-7-12/h2-11,20H,1H3,(H,18,21). The molecular formula is C17H15N3O3S2. The van der Waals surface area contributed by atoms with Gasteiger partial charge in [0.25, 0.3) is 5.91 Å². The Labute approximate surface area is 149 Å². The summed E-state index contributed by atoms with van der Waals surface area (Å²) in [5.41, 5.74) is 2.12. The number of amides is 1. The summed E-state index contributed by atoms with van der Waals surface area (Å²) in [6.45, 7) is 0. The second-order valence-corrected chi connectivity index (χ2v) is 7.92. The Kier molecular flexibility index (Phi) is 4.82. The number of nitrogens with zero attached hydrogens (tertiary/aromatic N) is 1. The van der Waals surface area contributed by atoms with Crippen LogP contribution < -0.4 is 10.0 Å². The van der Waals surface area contributed by atoms with Crippen LogP contribution in [0.5, 0.6) is 0 Å². The van der Waals surface area contributed by atoms with Gasteiger partial charge in [-0.1, -0.05) is 36.4 Å². The Morgan fingerprint density at radius 3 is 2.48 bits per heavy atom. The van der Waals surface area contributed by atoms with E-state index in [1.165, 1.54) is 11.3 Å². The van der Waals surface area contributed by atoms with Crippen LogP contribution in [0.1, 0.15) is 10.5 Å². The largest absolute Gasteiger partial charge is 0.321 e. The van der Waals surface area contributed by atoms with Crippen molar-refractivity contribution < 1.29 is 13.2 Å². The second kappa shape index (κ2) is 7.04. The van der Waals surface area contributed by atoms with Crippen LogP contribution in [0, 0.1) is 0 Å². The first-order valence-electron chi connectivity index (χ1n) is 7.31. The monoisotopic (exact) mass is 373 g/mol. The van der Waals surface area contributed by atoms with Gasteiger partial charge in [-0.05, 0) is 18.2 Å². The van der Waals surface area contributed by atoms with E-state index < -0.39 is 10.0 Å². The Bertz CT molecular complexity index is 999. The molecule has 1 aromatic heterocycles. The molecule has 0 aliphatic rings. The third-order valence-electron chi connectivity index (χ3n) is 3.18. The zero-order valence-corrected chi connectivity index (χ0v) is 14.9. The molecule has 2 aromatic carbocycles. The molecule has 0 saturated carbocycles. The summed E-state index contributed by atoms with van der Waals surface area (Å²) in [4.78, 5) is 16.7. The minimum atomic E-state index is -3.38. The van der Waals surface area contributed by atoms with E-state index in [4.69, 9.17) is 0 Å². The van der Waals surface area contributed by atoms with Gasteiger partial charge in [0.05, 0.1) is 11.9 Å². The van der Waals surface area contributed by atoms with E-state index in [0.717, 1.165) is 16.8 Å². The first kappa shape index (κ1) is 17.1. The van der Waals surface area contributed by atoms with Crippen LogP contribution in [0.15, 0.2) is 60.0 Å². The van der Waals surface area contributed by atoms with Gasteiger partial charge in [0, 0.05) is 16.6 Å². The van der Waals surface area contributed by atoms with Crippen LogP contribution in [0.3, 0.4) is 0 Å². The smallest absolute Gasteiger partial charge is 0.275 e. The molecule has 6 nitrogen and oxygen atoms in total. The SMILES string of the molecule is CS(=O)(=O)Nc1cccc(NC(=O)c2csc(-c3ccccc3)n2)c1. The number of aromatic nitrogens is 1. The highest BCUT2D eigenvalue weighted by Gasteiger charge is 2.12. The van der Waals surface area contributed by atoms with Gasteiger partial charge in [-0.3, -0.25) is 9.52 Å². The molecule has 0 atom stereocenters. The lowest BCUT2D eigenvalue weighted by Gasteiger charge is -2.07. The van der Waals surface area contributed by atoms with E-state index in [0.29, 0.717) is 17.1 Å². The van der Waals surface area contributed by atoms with Gasteiger partial charge in [-0.15, -0.1) is 11.3 Å². The molecule has 0 saturated heterocycles. The molecule has 0 unspecified atom stereocenters. The number of benzene rings is 2. The lowest BCUT2D eigenvalue weighted by Crippen LogP contribution is -2.13. The summed E-state index contributed by atoms with van der Waals surface area (Å²) in [5, 5.41) is 5.17. The summed E-state index contributed by atoms with van der Waals surface area (Å²) in [6.07, 6.45) is 1.07. The van der Waals surface area contributed by atoms with Crippen molar-refractivity contribution in [2.75, 3.05) is 16.3 Å². The molecule has 8 heteroatoms. The Balaban J connectivity index is 1.75. The fourth-order valence-corrected chi connectivity index (χ4v) is 3.52. The van der Waals surface area contributed by atoms with E-state index in [2.05, 4.69) is 15.0 Å². The molecule has 0 aliphatic heterocycles. The van der Waals surface area contributed by atoms with Gasteiger partial charge >= 0.3 is 0 Å². The van der Waals surface area contributed by atoms with E-state index >= 15 is 0 Å². The van der Waals surface area contributed by atoms with Gasteiger partial charge in [-0.25, -0.2) is 13.4 Å². The maximum absolute atomic E-state index is 12.3. The second-order valence-electron chi connectivity index (χ2n) is 5.31. The fraction of sp³-hybridized carbons (Fsp3) is 0.0588. The zero-order chi connectivity index (χ0) is 17.9. The minimum Gasteiger partial charge on any atom is -0.321 e. The minimum absolute atomic E-state index is 0.310. The summed E-state index contributed by atoms with van der Waals surface area (Å²) in [7, 11) is -3.38. The van der Waals surface area contributed by atoms with Crippen molar-refractivity contribution >= 4 is 38.6 Å². The summed E-state index contributed by atoms with van der Waals surface area (Å²) < 4.78 is 24.9. The fourth-order valence-electron chi connectivity index (χ4n) is 2.16. The van der Waals surface area contributed by atoms with E-state index in [1.807, 2.05) is 30.3 Å². The maximum Gasteiger partial charge on any atom is 0.275 e. The molecule has 2 N–H and O–H groups in total. The number of rotatable bonds is 5. The van der Waals surface area contributed by atoms with E-state index in [1.54, 1.807) is 29.6 Å². The van der Waals surface area contributed by atoms with Crippen molar-refractivity contribution in [2.24, 2.45) is 0 Å². The van der Waals surface area contributed by atoms with Crippen molar-refractivity contribution in [1.29, 1.82) is 0 Å². The Morgan fingerprint density at radius 2 is 1.76 bits per heavy atom. The first-order valence-corrected chi connectivity index (χ1v) is 10.1. The van der Waals surface area contributed by atoms with Gasteiger partial charge < -0.3 is 5.32 Å². The predicted molar refractivity (Wildman–Crippen MR) is 100 cm³/mol. The zero-order valence-electron chi connectivity index (χ0n) is 13.3. The molecule has 0 spiro atoms. The Morgan fingerprint density at radius 1 is 1.04 bits per heavy atom. The van der Waals surface area contributed by atoms with E-state index in [9.17, 15) is 13.2 Å². The van der Waals surface area contributed by atoms with Crippen molar-refractivity contribution in [2.45, 2.75) is 0 Å². The summed E-state index contributed by atoms with van der Waals surface area (Å²) in [5.74, 6) is -0.352. The lowest BCUT2D eigenvalue weighted by atomic mass is 10.2. The number of sulfonamides is 1. The van der Waals surface area contributed by atoms with Gasteiger partial charge in [0.2, 0.25) is 10.0 Å². The van der Waals surface area contributed by atoms with E-state index in [-0.39, 0.29) is 5.91 Å². The van der Waals surface area contributed by atoms with Crippen LogP contribution in [0.2, 0.25) is 0 Å². The van der Waals surface area contributed by atoms with Gasteiger partial charge in [0.15, 0.2) is 0 Å². The summed E-state index contributed by atoms with van der Waals surface area (Å²) in [6, 6.07) is 16.1. The molecular weight excluding hydrogens is 358 g/mol. The maximum atomic E-state index is 12.3. The average Bonchev–Trinajstić information content (AvgIpc) is 3.04. The molecule has 1 amide bonds. The van der Waals surface area contributed by atoms with Crippen LogP contribution in [0.25, 0.3) is 10.6 Å². The highest BCUT2D eigenvalue weighted by molar-refractivity contribution is 7.92. The molecule has 0 aliphatic carbocycles. The number of thiazole rings is 1. The van der Waals surface area contributed by atoms with Crippen molar-refractivity contribution in [3.8, 4) is 10.6 Å². The predicted octanol–water partition coefficient (Wildman–Crippen LogP) is 3.43. The number of hydrogen-bond donors (Lipinski definition) is 2. The van der Waals surface area contributed by atoms with Crippen molar-refractivity contribution in [3.63, 3.8) is 0 Å². The highest BCUT2D eigenvalue weighted by atomic mass is 32.2. The lowest BCUT2D eigenvalue weighted by molar-refractivity contribution is 0.102.